The number of nitrogens with zero attached hydrogens (tertiary/aromatic N) is 2. The molecule has 0 spiro atoms. The van der Waals surface area contributed by atoms with Crippen molar-refractivity contribution in [2.45, 2.75) is 6.92 Å². The summed E-state index contributed by atoms with van der Waals surface area (Å²) < 4.78 is 0. The number of hydrogen-bond acceptors (Lipinski definition) is 2. The van der Waals surface area contributed by atoms with E-state index in [9.17, 15) is 0 Å². The Hall–Kier alpha value is -1.79. The molecule has 15 heavy (non-hydrogen) atoms. The van der Waals surface area contributed by atoms with E-state index < -0.39 is 0 Å². The summed E-state index contributed by atoms with van der Waals surface area (Å²) in [5, 5.41) is 9.44. The number of halogens is 1. The number of nitrogens with one attached hydrogen (secondary N) is 1. The van der Waals surface area contributed by atoms with Gasteiger partial charge in [-0.2, -0.15) is 5.26 Å². The van der Waals surface area contributed by atoms with E-state index in [0.717, 1.165) is 11.3 Å². The number of rotatable bonds is 1. The van der Waals surface area contributed by atoms with Gasteiger partial charge in [-0.05, 0) is 19.1 Å². The van der Waals surface area contributed by atoms with Gasteiger partial charge >= 0.3 is 0 Å². The SMILES string of the molecule is Cc1c[nH]c(-c2cccc(Cl)c2C#N)n1. The summed E-state index contributed by atoms with van der Waals surface area (Å²) in [7, 11) is 0. The lowest BCUT2D eigenvalue weighted by Gasteiger charge is -2.01. The fraction of sp³-hybridized carbons (Fsp3) is 0.0909. The molecule has 2 aromatic rings. The van der Waals surface area contributed by atoms with Crippen LogP contribution in [0.2, 0.25) is 5.02 Å². The largest absolute Gasteiger partial charge is 0.344 e. The molecule has 3 nitrogen and oxygen atoms in total. The monoisotopic (exact) mass is 217 g/mol. The van der Waals surface area contributed by atoms with Gasteiger partial charge in [-0.1, -0.05) is 17.7 Å². The first-order chi connectivity index (χ1) is 7.22. The van der Waals surface area contributed by atoms with E-state index in [0.29, 0.717) is 16.4 Å². The Balaban J connectivity index is 2.63. The zero-order valence-corrected chi connectivity index (χ0v) is 8.84. The van der Waals surface area contributed by atoms with E-state index in [4.69, 9.17) is 16.9 Å². The lowest BCUT2D eigenvalue weighted by molar-refractivity contribution is 1.25. The molecule has 0 radical (unpaired) electrons. The van der Waals surface area contributed by atoms with Crippen LogP contribution in [-0.4, -0.2) is 9.97 Å². The van der Waals surface area contributed by atoms with Crippen LogP contribution in [0.15, 0.2) is 24.4 Å². The number of nitriles is 1. The summed E-state index contributed by atoms with van der Waals surface area (Å²) in [6, 6.07) is 7.40. The standard InChI is InChI=1S/C11H8ClN3/c1-7-6-14-11(15-7)8-3-2-4-10(12)9(8)5-13/h2-4,6H,1H3,(H,14,15). The van der Waals surface area contributed by atoms with Crippen LogP contribution in [0.5, 0.6) is 0 Å². The second kappa shape index (κ2) is 3.76. The van der Waals surface area contributed by atoms with E-state index in [1.807, 2.05) is 13.0 Å². The highest BCUT2D eigenvalue weighted by Gasteiger charge is 2.10. The van der Waals surface area contributed by atoms with Crippen LogP contribution in [0, 0.1) is 18.3 Å². The average Bonchev–Trinajstić information content (AvgIpc) is 2.64. The maximum Gasteiger partial charge on any atom is 0.138 e. The van der Waals surface area contributed by atoms with Gasteiger partial charge in [-0.15, -0.1) is 0 Å². The molecular weight excluding hydrogens is 210 g/mol. The predicted octanol–water partition coefficient (Wildman–Crippen LogP) is 2.91. The highest BCUT2D eigenvalue weighted by atomic mass is 35.5. The lowest BCUT2D eigenvalue weighted by atomic mass is 10.1. The van der Waals surface area contributed by atoms with Crippen molar-refractivity contribution < 1.29 is 0 Å². The van der Waals surface area contributed by atoms with Gasteiger partial charge in [-0.25, -0.2) is 4.98 Å². The van der Waals surface area contributed by atoms with Crippen LogP contribution >= 0.6 is 11.6 Å². The Bertz CT molecular complexity index is 537. The molecule has 2 rings (SSSR count). The normalized spacial score (nSPS) is 9.93. The first-order valence-electron chi connectivity index (χ1n) is 4.43. The molecule has 1 N–H and O–H groups in total. The molecule has 1 aromatic heterocycles. The molecule has 4 heteroatoms. The Morgan fingerprint density at radius 3 is 2.87 bits per heavy atom. The third kappa shape index (κ3) is 1.72. The van der Waals surface area contributed by atoms with Gasteiger partial charge in [0.2, 0.25) is 0 Å². The summed E-state index contributed by atoms with van der Waals surface area (Å²) in [4.78, 5) is 7.27. The number of benzene rings is 1. The van der Waals surface area contributed by atoms with E-state index >= 15 is 0 Å². The van der Waals surface area contributed by atoms with Crippen molar-refractivity contribution >= 4 is 11.6 Å². The second-order valence-corrected chi connectivity index (χ2v) is 3.57. The zero-order valence-electron chi connectivity index (χ0n) is 8.08. The van der Waals surface area contributed by atoms with Gasteiger partial charge in [0.05, 0.1) is 16.3 Å². The molecule has 1 heterocycles. The molecule has 0 aliphatic heterocycles. The molecular formula is C11H8ClN3. The molecule has 0 atom stereocenters. The first kappa shape index (κ1) is 9.75. The quantitative estimate of drug-likeness (QED) is 0.799. The summed E-state index contributed by atoms with van der Waals surface area (Å²) in [6.07, 6.45) is 1.79. The van der Waals surface area contributed by atoms with Crippen molar-refractivity contribution in [3.63, 3.8) is 0 Å². The smallest absolute Gasteiger partial charge is 0.138 e. The van der Waals surface area contributed by atoms with Gasteiger partial charge in [0.1, 0.15) is 11.9 Å². The molecule has 0 aliphatic rings. The number of aromatic amines is 1. The van der Waals surface area contributed by atoms with Gasteiger partial charge < -0.3 is 4.98 Å². The van der Waals surface area contributed by atoms with Crippen LogP contribution in [0.4, 0.5) is 0 Å². The molecule has 1 aromatic carbocycles. The van der Waals surface area contributed by atoms with Gasteiger partial charge in [-0.3, -0.25) is 0 Å². The average molecular weight is 218 g/mol. The van der Waals surface area contributed by atoms with E-state index in [1.165, 1.54) is 0 Å². The number of imidazole rings is 1. The number of H-pyrrole nitrogens is 1. The highest BCUT2D eigenvalue weighted by molar-refractivity contribution is 6.32. The van der Waals surface area contributed by atoms with E-state index in [1.54, 1.807) is 18.3 Å². The van der Waals surface area contributed by atoms with Gasteiger partial charge in [0.25, 0.3) is 0 Å². The maximum atomic E-state index is 8.99. The number of aromatic nitrogens is 2. The Morgan fingerprint density at radius 1 is 1.47 bits per heavy atom. The van der Waals surface area contributed by atoms with Crippen LogP contribution in [0.1, 0.15) is 11.3 Å². The van der Waals surface area contributed by atoms with Crippen LogP contribution in [0.3, 0.4) is 0 Å². The van der Waals surface area contributed by atoms with Crippen molar-refractivity contribution in [1.29, 1.82) is 5.26 Å². The van der Waals surface area contributed by atoms with Crippen molar-refractivity contribution in [2.24, 2.45) is 0 Å². The third-order valence-corrected chi connectivity index (χ3v) is 2.40. The summed E-state index contributed by atoms with van der Waals surface area (Å²) in [5.41, 5.74) is 2.07. The van der Waals surface area contributed by atoms with E-state index in [2.05, 4.69) is 16.0 Å². The fourth-order valence-corrected chi connectivity index (χ4v) is 1.60. The fourth-order valence-electron chi connectivity index (χ4n) is 1.39. The van der Waals surface area contributed by atoms with Gasteiger partial charge in [0, 0.05) is 11.8 Å². The molecule has 0 amide bonds. The second-order valence-electron chi connectivity index (χ2n) is 3.16. The van der Waals surface area contributed by atoms with Crippen molar-refractivity contribution in [2.75, 3.05) is 0 Å². The minimum atomic E-state index is 0.448. The molecule has 74 valence electrons. The molecule has 0 saturated heterocycles. The molecule has 0 aliphatic carbocycles. The van der Waals surface area contributed by atoms with E-state index in [-0.39, 0.29) is 0 Å². The van der Waals surface area contributed by atoms with Crippen LogP contribution in [-0.2, 0) is 0 Å². The summed E-state index contributed by atoms with van der Waals surface area (Å²) in [6.45, 7) is 1.89. The summed E-state index contributed by atoms with van der Waals surface area (Å²) >= 11 is 5.92. The van der Waals surface area contributed by atoms with Crippen molar-refractivity contribution in [3.05, 3.63) is 40.7 Å². The maximum absolute atomic E-state index is 8.99. The van der Waals surface area contributed by atoms with Gasteiger partial charge in [0.15, 0.2) is 0 Å². The number of aryl methyl sites for hydroxylation is 1. The number of hydrogen-bond donors (Lipinski definition) is 1. The minimum absolute atomic E-state index is 0.448. The molecule has 0 unspecified atom stereocenters. The topological polar surface area (TPSA) is 52.5 Å². The summed E-state index contributed by atoms with van der Waals surface area (Å²) in [5.74, 6) is 0.673. The van der Waals surface area contributed by atoms with Crippen molar-refractivity contribution in [1.82, 2.24) is 9.97 Å². The zero-order chi connectivity index (χ0) is 10.8. The Labute approximate surface area is 92.3 Å². The third-order valence-electron chi connectivity index (χ3n) is 2.09. The predicted molar refractivity (Wildman–Crippen MR) is 58.5 cm³/mol. The minimum Gasteiger partial charge on any atom is -0.344 e. The first-order valence-corrected chi connectivity index (χ1v) is 4.81. The Kier molecular flexibility index (Phi) is 2.44. The lowest BCUT2D eigenvalue weighted by Crippen LogP contribution is -1.87. The Morgan fingerprint density at radius 2 is 2.27 bits per heavy atom. The molecule has 0 fully saturated rings. The molecule has 0 bridgehead atoms. The van der Waals surface area contributed by atoms with Crippen LogP contribution < -0.4 is 0 Å². The molecule has 0 saturated carbocycles. The van der Waals surface area contributed by atoms with Crippen LogP contribution in [0.25, 0.3) is 11.4 Å². The highest BCUT2D eigenvalue weighted by Crippen LogP contribution is 2.26. The van der Waals surface area contributed by atoms with Crippen molar-refractivity contribution in [3.8, 4) is 17.5 Å².